The summed E-state index contributed by atoms with van der Waals surface area (Å²) in [7, 11) is 3.24. The lowest BCUT2D eigenvalue weighted by Crippen LogP contribution is -2.25. The van der Waals surface area contributed by atoms with Crippen molar-refractivity contribution in [1.82, 2.24) is 4.57 Å². The molecule has 0 saturated carbocycles. The summed E-state index contributed by atoms with van der Waals surface area (Å²) < 4.78 is 12.8. The van der Waals surface area contributed by atoms with Crippen molar-refractivity contribution < 1.29 is 14.6 Å². The molecule has 2 N–H and O–H groups in total. The van der Waals surface area contributed by atoms with E-state index in [1.54, 1.807) is 14.2 Å². The SMILES string of the molecule is COc1ccc(NC[C@@H](O)Cn2c(C)c(C)c3ccccc32)c(OC)c1. The molecular weight excluding hydrogens is 328 g/mol. The minimum atomic E-state index is -0.532. The second-order valence-electron chi connectivity index (χ2n) is 6.44. The lowest BCUT2D eigenvalue weighted by molar-refractivity contribution is 0.167. The number of hydrogen-bond acceptors (Lipinski definition) is 4. The van der Waals surface area contributed by atoms with E-state index < -0.39 is 6.10 Å². The number of rotatable bonds is 7. The largest absolute Gasteiger partial charge is 0.497 e. The van der Waals surface area contributed by atoms with Crippen LogP contribution in [0.4, 0.5) is 5.69 Å². The molecular formula is C21H26N2O3. The Morgan fingerprint density at radius 3 is 2.58 bits per heavy atom. The summed E-state index contributed by atoms with van der Waals surface area (Å²) in [5, 5.41) is 15.1. The predicted octanol–water partition coefficient (Wildman–Crippen LogP) is 3.75. The van der Waals surface area contributed by atoms with E-state index in [2.05, 4.69) is 35.9 Å². The number of methoxy groups -OCH3 is 2. The van der Waals surface area contributed by atoms with Crippen LogP contribution in [0.15, 0.2) is 42.5 Å². The van der Waals surface area contributed by atoms with E-state index in [4.69, 9.17) is 9.47 Å². The molecule has 2 aromatic carbocycles. The number of hydrogen-bond donors (Lipinski definition) is 2. The van der Waals surface area contributed by atoms with Crippen LogP contribution < -0.4 is 14.8 Å². The van der Waals surface area contributed by atoms with Crippen LogP contribution in [-0.4, -0.2) is 36.5 Å². The second-order valence-corrected chi connectivity index (χ2v) is 6.44. The summed E-state index contributed by atoms with van der Waals surface area (Å²) in [6.45, 7) is 5.18. The fourth-order valence-electron chi connectivity index (χ4n) is 3.29. The molecule has 5 heteroatoms. The summed E-state index contributed by atoms with van der Waals surface area (Å²) in [6, 6.07) is 13.9. The first-order valence-electron chi connectivity index (χ1n) is 8.73. The summed E-state index contributed by atoms with van der Waals surface area (Å²) in [6.07, 6.45) is -0.532. The number of nitrogens with one attached hydrogen (secondary N) is 1. The molecule has 138 valence electrons. The molecule has 3 rings (SSSR count). The number of ether oxygens (including phenoxy) is 2. The Bertz CT molecular complexity index is 902. The molecule has 0 aliphatic carbocycles. The van der Waals surface area contributed by atoms with Gasteiger partial charge < -0.3 is 24.5 Å². The zero-order chi connectivity index (χ0) is 18.7. The number of anilines is 1. The van der Waals surface area contributed by atoms with E-state index in [0.29, 0.717) is 18.8 Å². The summed E-state index contributed by atoms with van der Waals surface area (Å²) >= 11 is 0. The number of benzene rings is 2. The second kappa shape index (κ2) is 7.70. The molecule has 0 aliphatic rings. The monoisotopic (exact) mass is 354 g/mol. The number of nitrogens with zero attached hydrogens (tertiary/aromatic N) is 1. The van der Waals surface area contributed by atoms with Crippen LogP contribution >= 0.6 is 0 Å². The van der Waals surface area contributed by atoms with Gasteiger partial charge in [0.15, 0.2) is 0 Å². The molecule has 5 nitrogen and oxygen atoms in total. The van der Waals surface area contributed by atoms with Gasteiger partial charge in [0.2, 0.25) is 0 Å². The fraction of sp³-hybridized carbons (Fsp3) is 0.333. The molecule has 0 amide bonds. The van der Waals surface area contributed by atoms with Crippen molar-refractivity contribution in [1.29, 1.82) is 0 Å². The molecule has 1 heterocycles. The average Bonchev–Trinajstić information content (AvgIpc) is 2.91. The van der Waals surface area contributed by atoms with Gasteiger partial charge in [-0.05, 0) is 37.6 Å². The summed E-state index contributed by atoms with van der Waals surface area (Å²) in [5.74, 6) is 1.42. The van der Waals surface area contributed by atoms with Gasteiger partial charge in [0.05, 0.1) is 32.6 Å². The third-order valence-corrected chi connectivity index (χ3v) is 4.88. The maximum atomic E-state index is 10.6. The Morgan fingerprint density at radius 1 is 1.08 bits per heavy atom. The fourth-order valence-corrected chi connectivity index (χ4v) is 3.29. The number of fused-ring (bicyclic) bond motifs is 1. The van der Waals surface area contributed by atoms with Crippen molar-refractivity contribution in [3.63, 3.8) is 0 Å². The van der Waals surface area contributed by atoms with E-state index in [-0.39, 0.29) is 0 Å². The molecule has 0 unspecified atom stereocenters. The highest BCUT2D eigenvalue weighted by atomic mass is 16.5. The van der Waals surface area contributed by atoms with Crippen molar-refractivity contribution in [2.75, 3.05) is 26.1 Å². The number of aliphatic hydroxyl groups is 1. The normalized spacial score (nSPS) is 12.2. The zero-order valence-corrected chi connectivity index (χ0v) is 15.7. The topological polar surface area (TPSA) is 55.6 Å². The molecule has 26 heavy (non-hydrogen) atoms. The molecule has 0 saturated heterocycles. The Hall–Kier alpha value is -2.66. The van der Waals surface area contributed by atoms with Gasteiger partial charge in [-0.1, -0.05) is 18.2 Å². The Morgan fingerprint density at radius 2 is 1.85 bits per heavy atom. The first-order chi connectivity index (χ1) is 12.5. The number of aromatic nitrogens is 1. The van der Waals surface area contributed by atoms with Gasteiger partial charge in [0, 0.05) is 29.2 Å². The van der Waals surface area contributed by atoms with Crippen molar-refractivity contribution in [3.8, 4) is 11.5 Å². The van der Waals surface area contributed by atoms with Crippen LogP contribution in [0.1, 0.15) is 11.3 Å². The molecule has 0 spiro atoms. The highest BCUT2D eigenvalue weighted by Crippen LogP contribution is 2.29. The summed E-state index contributed by atoms with van der Waals surface area (Å²) in [4.78, 5) is 0. The maximum absolute atomic E-state index is 10.6. The molecule has 1 atom stereocenters. The number of aryl methyl sites for hydroxylation is 1. The predicted molar refractivity (Wildman–Crippen MR) is 105 cm³/mol. The third-order valence-electron chi connectivity index (χ3n) is 4.88. The van der Waals surface area contributed by atoms with Crippen LogP contribution in [0, 0.1) is 13.8 Å². The van der Waals surface area contributed by atoms with Crippen LogP contribution in [0.3, 0.4) is 0 Å². The summed E-state index contributed by atoms with van der Waals surface area (Å²) in [5.41, 5.74) is 4.44. The molecule has 0 fully saturated rings. The first-order valence-corrected chi connectivity index (χ1v) is 8.73. The zero-order valence-electron chi connectivity index (χ0n) is 15.7. The van der Waals surface area contributed by atoms with Gasteiger partial charge >= 0.3 is 0 Å². The van der Waals surface area contributed by atoms with Gasteiger partial charge in [0.25, 0.3) is 0 Å². The van der Waals surface area contributed by atoms with Crippen molar-refractivity contribution in [3.05, 3.63) is 53.7 Å². The first kappa shape index (κ1) is 18.1. The van der Waals surface area contributed by atoms with Gasteiger partial charge in [-0.15, -0.1) is 0 Å². The van der Waals surface area contributed by atoms with Gasteiger partial charge in [0.1, 0.15) is 11.5 Å². The average molecular weight is 354 g/mol. The standard InChI is InChI=1S/C21H26N2O3/c1-14-15(2)23(20-8-6-5-7-18(14)20)13-16(24)12-22-19-10-9-17(25-3)11-21(19)26-4/h5-11,16,22,24H,12-13H2,1-4H3/t16-/m1/s1. The maximum Gasteiger partial charge on any atom is 0.145 e. The van der Waals surface area contributed by atoms with Crippen LogP contribution in [-0.2, 0) is 6.54 Å². The Kier molecular flexibility index (Phi) is 5.38. The van der Waals surface area contributed by atoms with Gasteiger partial charge in [-0.25, -0.2) is 0 Å². The van der Waals surface area contributed by atoms with Gasteiger partial charge in [-0.2, -0.15) is 0 Å². The van der Waals surface area contributed by atoms with Crippen molar-refractivity contribution in [2.45, 2.75) is 26.5 Å². The van der Waals surface area contributed by atoms with E-state index in [9.17, 15) is 5.11 Å². The van der Waals surface area contributed by atoms with Crippen molar-refractivity contribution >= 4 is 16.6 Å². The molecule has 0 aliphatic heterocycles. The van der Waals surface area contributed by atoms with E-state index >= 15 is 0 Å². The lowest BCUT2D eigenvalue weighted by Gasteiger charge is -2.17. The van der Waals surface area contributed by atoms with Crippen molar-refractivity contribution in [2.24, 2.45) is 0 Å². The minimum absolute atomic E-state index is 0.424. The highest BCUT2D eigenvalue weighted by Gasteiger charge is 2.14. The number of aliphatic hydroxyl groups excluding tert-OH is 1. The van der Waals surface area contributed by atoms with Crippen LogP contribution in [0.2, 0.25) is 0 Å². The van der Waals surface area contributed by atoms with Gasteiger partial charge in [-0.3, -0.25) is 0 Å². The molecule has 1 aromatic heterocycles. The minimum Gasteiger partial charge on any atom is -0.497 e. The van der Waals surface area contributed by atoms with E-state index in [1.807, 2.05) is 30.3 Å². The number of para-hydroxylation sites is 1. The highest BCUT2D eigenvalue weighted by molar-refractivity contribution is 5.85. The molecule has 3 aromatic rings. The Labute approximate surface area is 154 Å². The van der Waals surface area contributed by atoms with E-state index in [0.717, 1.165) is 17.0 Å². The smallest absolute Gasteiger partial charge is 0.145 e. The Balaban J connectivity index is 1.72. The lowest BCUT2D eigenvalue weighted by atomic mass is 10.2. The van der Waals surface area contributed by atoms with Crippen LogP contribution in [0.5, 0.6) is 11.5 Å². The molecule has 0 bridgehead atoms. The van der Waals surface area contributed by atoms with Crippen LogP contribution in [0.25, 0.3) is 10.9 Å². The molecule has 0 radical (unpaired) electrons. The quantitative estimate of drug-likeness (QED) is 0.678. The third kappa shape index (κ3) is 3.48. The van der Waals surface area contributed by atoms with E-state index in [1.165, 1.54) is 16.6 Å².